The minimum atomic E-state index is -0.268. The van der Waals surface area contributed by atoms with Gasteiger partial charge in [-0.3, -0.25) is 4.79 Å². The van der Waals surface area contributed by atoms with Gasteiger partial charge in [0.15, 0.2) is 0 Å². The predicted octanol–water partition coefficient (Wildman–Crippen LogP) is 5.64. The molecule has 0 atom stereocenters. The van der Waals surface area contributed by atoms with Crippen molar-refractivity contribution < 1.29 is 9.18 Å². The van der Waals surface area contributed by atoms with Crippen LogP contribution in [-0.4, -0.2) is 31.2 Å². The average Bonchev–Trinajstić information content (AvgIpc) is 3.07. The summed E-state index contributed by atoms with van der Waals surface area (Å²) in [5.41, 5.74) is 2.95. The highest BCUT2D eigenvalue weighted by Gasteiger charge is 2.18. The zero-order valence-electron chi connectivity index (χ0n) is 14.2. The molecule has 25 heavy (non-hydrogen) atoms. The number of hydrogen-bond donors (Lipinski definition) is 0. The zero-order valence-corrected chi connectivity index (χ0v) is 15.9. The second kappa shape index (κ2) is 7.42. The van der Waals surface area contributed by atoms with E-state index in [0.717, 1.165) is 21.6 Å². The van der Waals surface area contributed by atoms with E-state index in [2.05, 4.69) is 24.3 Å². The van der Waals surface area contributed by atoms with Crippen molar-refractivity contribution in [3.8, 4) is 21.6 Å². The number of thiophene rings is 1. The molecule has 0 radical (unpaired) electrons. The minimum absolute atomic E-state index is 0.0275. The van der Waals surface area contributed by atoms with Gasteiger partial charge >= 0.3 is 0 Å². The minimum Gasteiger partial charge on any atom is -0.344 e. The molecule has 0 unspecified atom stereocenters. The van der Waals surface area contributed by atoms with E-state index in [9.17, 15) is 9.18 Å². The predicted molar refractivity (Wildman–Crippen MR) is 105 cm³/mol. The van der Waals surface area contributed by atoms with Crippen LogP contribution in [0.5, 0.6) is 0 Å². The normalized spacial score (nSPS) is 10.7. The molecule has 0 N–H and O–H groups in total. The quantitative estimate of drug-likeness (QED) is 0.553. The Labute approximate surface area is 155 Å². The summed E-state index contributed by atoms with van der Waals surface area (Å²) in [6.07, 6.45) is 2.04. The van der Waals surface area contributed by atoms with Crippen molar-refractivity contribution in [2.24, 2.45) is 0 Å². The lowest BCUT2D eigenvalue weighted by molar-refractivity contribution is 0.0832. The molecule has 0 aliphatic rings. The molecular weight excluding hydrogens is 353 g/mol. The molecule has 1 aromatic heterocycles. The molecule has 0 aliphatic heterocycles. The summed E-state index contributed by atoms with van der Waals surface area (Å²) in [6, 6.07) is 16.6. The van der Waals surface area contributed by atoms with Crippen LogP contribution in [-0.2, 0) is 0 Å². The fourth-order valence-corrected chi connectivity index (χ4v) is 4.13. The molecule has 3 rings (SSSR count). The summed E-state index contributed by atoms with van der Waals surface area (Å²) in [6.45, 7) is 0. The third kappa shape index (κ3) is 3.78. The Morgan fingerprint density at radius 1 is 1.00 bits per heavy atom. The lowest BCUT2D eigenvalue weighted by Crippen LogP contribution is -2.20. The Hall–Kier alpha value is -2.11. The number of benzene rings is 2. The number of nitrogens with zero attached hydrogens (tertiary/aromatic N) is 1. The van der Waals surface area contributed by atoms with Gasteiger partial charge in [-0.15, -0.1) is 23.1 Å². The molecule has 0 fully saturated rings. The van der Waals surface area contributed by atoms with Gasteiger partial charge in [0.1, 0.15) is 5.82 Å². The molecule has 3 aromatic rings. The van der Waals surface area contributed by atoms with Crippen LogP contribution in [0.2, 0.25) is 0 Å². The second-order valence-corrected chi connectivity index (χ2v) is 7.72. The monoisotopic (exact) mass is 371 g/mol. The van der Waals surface area contributed by atoms with Gasteiger partial charge in [-0.25, -0.2) is 4.39 Å². The van der Waals surface area contributed by atoms with E-state index in [0.29, 0.717) is 4.88 Å². The van der Waals surface area contributed by atoms with Crippen LogP contribution >= 0.6 is 23.1 Å². The molecular formula is C20H18FNOS2. The maximum absolute atomic E-state index is 13.3. The van der Waals surface area contributed by atoms with Crippen LogP contribution in [0.25, 0.3) is 21.6 Å². The van der Waals surface area contributed by atoms with E-state index in [-0.39, 0.29) is 11.7 Å². The number of thioether (sulfide) groups is 1. The Bertz CT molecular complexity index is 883. The van der Waals surface area contributed by atoms with Crippen molar-refractivity contribution in [3.63, 3.8) is 0 Å². The van der Waals surface area contributed by atoms with Gasteiger partial charge in [0, 0.05) is 29.4 Å². The summed E-state index contributed by atoms with van der Waals surface area (Å²) < 4.78 is 13.3. The molecule has 1 heterocycles. The van der Waals surface area contributed by atoms with Gasteiger partial charge in [-0.1, -0.05) is 24.3 Å². The SMILES string of the molecule is CSc1ccc(-c2cc(C(=O)N(C)C)sc2-c2ccc(F)cc2)cc1. The van der Waals surface area contributed by atoms with E-state index >= 15 is 0 Å². The Morgan fingerprint density at radius 2 is 1.60 bits per heavy atom. The number of rotatable bonds is 4. The van der Waals surface area contributed by atoms with Crippen molar-refractivity contribution >= 4 is 29.0 Å². The first-order valence-corrected chi connectivity index (χ1v) is 9.79. The standard InChI is InChI=1S/C20H18FNOS2/c1-22(2)20(23)18-12-17(13-6-10-16(24-3)11-7-13)19(25-18)14-4-8-15(21)9-5-14/h4-12H,1-3H3. The summed E-state index contributed by atoms with van der Waals surface area (Å²) in [5.74, 6) is -0.295. The maximum atomic E-state index is 13.3. The first-order valence-electron chi connectivity index (χ1n) is 7.75. The van der Waals surface area contributed by atoms with Gasteiger partial charge in [0.2, 0.25) is 0 Å². The smallest absolute Gasteiger partial charge is 0.263 e. The first-order chi connectivity index (χ1) is 12.0. The number of halogens is 1. The third-order valence-corrected chi connectivity index (χ3v) is 5.77. The molecule has 2 nitrogen and oxygen atoms in total. The van der Waals surface area contributed by atoms with Gasteiger partial charge < -0.3 is 4.90 Å². The Balaban J connectivity index is 2.13. The molecule has 0 aliphatic carbocycles. The van der Waals surface area contributed by atoms with E-state index in [1.165, 1.54) is 28.4 Å². The highest BCUT2D eigenvalue weighted by molar-refractivity contribution is 7.98. The summed E-state index contributed by atoms with van der Waals surface area (Å²) in [7, 11) is 3.49. The van der Waals surface area contributed by atoms with Crippen molar-refractivity contribution in [3.05, 3.63) is 65.3 Å². The van der Waals surface area contributed by atoms with Crippen LogP contribution in [0.15, 0.2) is 59.5 Å². The maximum Gasteiger partial charge on any atom is 0.263 e. The number of hydrogen-bond acceptors (Lipinski definition) is 3. The lowest BCUT2D eigenvalue weighted by Gasteiger charge is -2.07. The average molecular weight is 372 g/mol. The largest absolute Gasteiger partial charge is 0.344 e. The van der Waals surface area contributed by atoms with Gasteiger partial charge in [-0.2, -0.15) is 0 Å². The fourth-order valence-electron chi connectivity index (χ4n) is 2.52. The topological polar surface area (TPSA) is 20.3 Å². The molecule has 0 saturated carbocycles. The van der Waals surface area contributed by atoms with Crippen molar-refractivity contribution in [1.29, 1.82) is 0 Å². The van der Waals surface area contributed by atoms with Crippen LogP contribution in [0, 0.1) is 5.82 Å². The summed E-state index contributed by atoms with van der Waals surface area (Å²) in [4.78, 5) is 16.8. The molecule has 128 valence electrons. The van der Waals surface area contributed by atoms with E-state index in [1.807, 2.05) is 12.3 Å². The molecule has 0 spiro atoms. The highest BCUT2D eigenvalue weighted by Crippen LogP contribution is 2.40. The highest BCUT2D eigenvalue weighted by atomic mass is 32.2. The van der Waals surface area contributed by atoms with Gasteiger partial charge in [-0.05, 0) is 47.7 Å². The van der Waals surface area contributed by atoms with Crippen LogP contribution in [0.3, 0.4) is 0 Å². The Morgan fingerprint density at radius 3 is 2.16 bits per heavy atom. The number of amides is 1. The van der Waals surface area contributed by atoms with Gasteiger partial charge in [0.05, 0.1) is 4.88 Å². The van der Waals surface area contributed by atoms with Crippen LogP contribution < -0.4 is 0 Å². The zero-order chi connectivity index (χ0) is 18.0. The first kappa shape index (κ1) is 17.7. The third-order valence-electron chi connectivity index (χ3n) is 3.86. The number of carbonyl (C=O) groups is 1. The van der Waals surface area contributed by atoms with Crippen LogP contribution in [0.1, 0.15) is 9.67 Å². The summed E-state index contributed by atoms with van der Waals surface area (Å²) >= 11 is 3.13. The van der Waals surface area contributed by atoms with Crippen molar-refractivity contribution in [2.75, 3.05) is 20.4 Å². The molecule has 1 amide bonds. The van der Waals surface area contributed by atoms with Gasteiger partial charge in [0.25, 0.3) is 5.91 Å². The molecule has 5 heteroatoms. The number of carbonyl (C=O) groups excluding carboxylic acids is 1. The van der Waals surface area contributed by atoms with E-state index in [1.54, 1.807) is 42.9 Å². The summed E-state index contributed by atoms with van der Waals surface area (Å²) in [5, 5.41) is 0. The molecule has 0 saturated heterocycles. The lowest BCUT2D eigenvalue weighted by atomic mass is 10.0. The second-order valence-electron chi connectivity index (χ2n) is 5.79. The van der Waals surface area contributed by atoms with E-state index in [4.69, 9.17) is 0 Å². The van der Waals surface area contributed by atoms with Crippen molar-refractivity contribution in [1.82, 2.24) is 4.90 Å². The fraction of sp³-hybridized carbons (Fsp3) is 0.150. The van der Waals surface area contributed by atoms with Crippen molar-refractivity contribution in [2.45, 2.75) is 4.90 Å². The Kier molecular flexibility index (Phi) is 5.25. The molecule has 2 aromatic carbocycles. The van der Waals surface area contributed by atoms with Crippen LogP contribution in [0.4, 0.5) is 4.39 Å². The van der Waals surface area contributed by atoms with E-state index < -0.39 is 0 Å². The molecule has 0 bridgehead atoms.